The first kappa shape index (κ1) is 22.4. The Morgan fingerprint density at radius 3 is 1.95 bits per heavy atom. The average Bonchev–Trinajstić information content (AvgIpc) is 2.97. The molecule has 2 heterocycles. The lowest BCUT2D eigenvalue weighted by Gasteiger charge is -2.13. The van der Waals surface area contributed by atoms with Gasteiger partial charge in [-0.1, -0.05) is 103 Å². The van der Waals surface area contributed by atoms with E-state index in [0.717, 1.165) is 39.0 Å². The molecule has 0 amide bonds. The molecule has 4 aromatic carbocycles. The van der Waals surface area contributed by atoms with Gasteiger partial charge in [0, 0.05) is 22.7 Å². The maximum absolute atomic E-state index is 13.8. The van der Waals surface area contributed by atoms with Gasteiger partial charge in [-0.15, -0.1) is 0 Å². The van der Waals surface area contributed by atoms with Crippen molar-refractivity contribution in [2.45, 2.75) is 0 Å². The van der Waals surface area contributed by atoms with Crippen molar-refractivity contribution in [3.05, 3.63) is 149 Å². The maximum atomic E-state index is 13.8. The maximum Gasteiger partial charge on any atom is 0.265 e. The summed E-state index contributed by atoms with van der Waals surface area (Å²) in [4.78, 5) is 23.4. The van der Waals surface area contributed by atoms with Gasteiger partial charge in [0.2, 0.25) is 0 Å². The fourth-order valence-electron chi connectivity index (χ4n) is 4.47. The summed E-state index contributed by atoms with van der Waals surface area (Å²) >= 11 is 0. The van der Waals surface area contributed by atoms with Crippen LogP contribution in [0.15, 0.2) is 132 Å². The Bertz CT molecular complexity index is 1770. The van der Waals surface area contributed by atoms with E-state index in [1.807, 2.05) is 109 Å². The Morgan fingerprint density at radius 1 is 0.622 bits per heavy atom. The molecule has 0 aliphatic carbocycles. The van der Waals surface area contributed by atoms with Gasteiger partial charge in [0.1, 0.15) is 5.82 Å². The van der Waals surface area contributed by atoms with E-state index in [9.17, 15) is 4.79 Å². The SMILES string of the molecule is O=c1c(/C=C/c2cc(-c3ccccc3)nc3ccccc23)cnc(-c2ccccc2)n1-c1ccccc1. The van der Waals surface area contributed by atoms with E-state index < -0.39 is 0 Å². The number of hydrogen-bond acceptors (Lipinski definition) is 3. The predicted octanol–water partition coefficient (Wildman–Crippen LogP) is 7.29. The van der Waals surface area contributed by atoms with Gasteiger partial charge in [-0.2, -0.15) is 0 Å². The van der Waals surface area contributed by atoms with E-state index in [1.54, 1.807) is 10.8 Å². The second kappa shape index (κ2) is 9.88. The van der Waals surface area contributed by atoms with Crippen LogP contribution in [0, 0.1) is 0 Å². The molecule has 37 heavy (non-hydrogen) atoms. The van der Waals surface area contributed by atoms with Crippen LogP contribution in [0.4, 0.5) is 0 Å². The van der Waals surface area contributed by atoms with Crippen LogP contribution in [0.1, 0.15) is 11.1 Å². The molecule has 6 aromatic rings. The van der Waals surface area contributed by atoms with Crippen molar-refractivity contribution in [1.82, 2.24) is 14.5 Å². The van der Waals surface area contributed by atoms with E-state index in [1.165, 1.54) is 0 Å². The highest BCUT2D eigenvalue weighted by Crippen LogP contribution is 2.26. The minimum Gasteiger partial charge on any atom is -0.268 e. The summed E-state index contributed by atoms with van der Waals surface area (Å²) in [5.74, 6) is 0.606. The molecule has 2 aromatic heterocycles. The average molecular weight is 478 g/mol. The van der Waals surface area contributed by atoms with Crippen molar-refractivity contribution in [1.29, 1.82) is 0 Å². The Morgan fingerprint density at radius 2 is 1.22 bits per heavy atom. The first-order chi connectivity index (χ1) is 18.3. The predicted molar refractivity (Wildman–Crippen MR) is 151 cm³/mol. The number of benzene rings is 4. The van der Waals surface area contributed by atoms with E-state index in [2.05, 4.69) is 24.3 Å². The molecule has 0 aliphatic rings. The van der Waals surface area contributed by atoms with Crippen molar-refractivity contribution in [2.24, 2.45) is 0 Å². The van der Waals surface area contributed by atoms with Gasteiger partial charge in [-0.05, 0) is 35.9 Å². The molecule has 0 fully saturated rings. The highest BCUT2D eigenvalue weighted by molar-refractivity contribution is 5.92. The molecule has 0 atom stereocenters. The molecular weight excluding hydrogens is 454 g/mol. The van der Waals surface area contributed by atoms with Crippen molar-refractivity contribution in [2.75, 3.05) is 0 Å². The van der Waals surface area contributed by atoms with Crippen LogP contribution < -0.4 is 5.56 Å². The van der Waals surface area contributed by atoms with Crippen LogP contribution in [0.2, 0.25) is 0 Å². The topological polar surface area (TPSA) is 47.8 Å². The highest BCUT2D eigenvalue weighted by atomic mass is 16.1. The summed E-state index contributed by atoms with van der Waals surface area (Å²) in [5, 5.41) is 1.02. The third kappa shape index (κ3) is 4.48. The third-order valence-corrected chi connectivity index (χ3v) is 6.29. The molecule has 6 rings (SSSR count). The fraction of sp³-hybridized carbons (Fsp3) is 0. The Kier molecular flexibility index (Phi) is 5.97. The minimum atomic E-state index is -0.127. The summed E-state index contributed by atoms with van der Waals surface area (Å²) in [6.45, 7) is 0. The summed E-state index contributed by atoms with van der Waals surface area (Å²) in [5.41, 5.74) is 5.86. The van der Waals surface area contributed by atoms with Gasteiger partial charge in [0.25, 0.3) is 5.56 Å². The molecule has 0 unspecified atom stereocenters. The number of aromatic nitrogens is 3. The lowest BCUT2D eigenvalue weighted by Crippen LogP contribution is -2.23. The first-order valence-corrected chi connectivity index (χ1v) is 12.1. The zero-order valence-electron chi connectivity index (χ0n) is 20.0. The number of rotatable bonds is 5. The zero-order chi connectivity index (χ0) is 25.0. The van der Waals surface area contributed by atoms with E-state index in [-0.39, 0.29) is 5.56 Å². The van der Waals surface area contributed by atoms with Gasteiger partial charge in [-0.3, -0.25) is 9.36 Å². The molecule has 0 spiro atoms. The molecule has 0 saturated heterocycles. The molecule has 0 aliphatic heterocycles. The lowest BCUT2D eigenvalue weighted by molar-refractivity contribution is 0.944. The Labute approximate surface area is 214 Å². The normalized spacial score (nSPS) is 11.2. The van der Waals surface area contributed by atoms with Gasteiger partial charge < -0.3 is 0 Å². The smallest absolute Gasteiger partial charge is 0.265 e. The summed E-state index contributed by atoms with van der Waals surface area (Å²) < 4.78 is 1.68. The van der Waals surface area contributed by atoms with Crippen molar-refractivity contribution in [3.8, 4) is 28.3 Å². The van der Waals surface area contributed by atoms with Crippen LogP contribution in [0.3, 0.4) is 0 Å². The molecule has 0 bridgehead atoms. The second-order valence-corrected chi connectivity index (χ2v) is 8.69. The summed E-state index contributed by atoms with van der Waals surface area (Å²) in [7, 11) is 0. The molecule has 176 valence electrons. The number of pyridine rings is 1. The van der Waals surface area contributed by atoms with Crippen molar-refractivity contribution >= 4 is 23.1 Å². The van der Waals surface area contributed by atoms with Crippen LogP contribution in [0.5, 0.6) is 0 Å². The van der Waals surface area contributed by atoms with E-state index in [4.69, 9.17) is 9.97 Å². The minimum absolute atomic E-state index is 0.127. The van der Waals surface area contributed by atoms with Crippen LogP contribution in [0.25, 0.3) is 51.4 Å². The number of nitrogens with zero attached hydrogens (tertiary/aromatic N) is 3. The highest BCUT2D eigenvalue weighted by Gasteiger charge is 2.13. The number of para-hydroxylation sites is 2. The number of hydrogen-bond donors (Lipinski definition) is 0. The standard InChI is InChI=1S/C33H23N3O/c37-33-27(23-34-32(25-14-6-2-7-15-25)36(33)28-16-8-3-9-17-28)21-20-26-22-31(24-12-4-1-5-13-24)35-30-19-11-10-18-29(26)30/h1-23H/b21-20+. The van der Waals surface area contributed by atoms with Gasteiger partial charge >= 0.3 is 0 Å². The molecule has 0 saturated carbocycles. The van der Waals surface area contributed by atoms with Crippen LogP contribution in [-0.4, -0.2) is 14.5 Å². The molecule has 0 N–H and O–H groups in total. The van der Waals surface area contributed by atoms with Crippen LogP contribution in [-0.2, 0) is 0 Å². The summed E-state index contributed by atoms with van der Waals surface area (Å²) in [6, 6.07) is 39.6. The van der Waals surface area contributed by atoms with Gasteiger partial charge in [-0.25, -0.2) is 9.97 Å². The Hall–Kier alpha value is -5.09. The zero-order valence-corrected chi connectivity index (χ0v) is 20.0. The molecular formula is C33H23N3O. The first-order valence-electron chi connectivity index (χ1n) is 12.1. The molecule has 4 nitrogen and oxygen atoms in total. The number of fused-ring (bicyclic) bond motifs is 1. The summed E-state index contributed by atoms with van der Waals surface area (Å²) in [6.07, 6.45) is 5.48. The second-order valence-electron chi connectivity index (χ2n) is 8.69. The third-order valence-electron chi connectivity index (χ3n) is 6.29. The van der Waals surface area contributed by atoms with E-state index >= 15 is 0 Å². The van der Waals surface area contributed by atoms with E-state index in [0.29, 0.717) is 11.4 Å². The fourth-order valence-corrected chi connectivity index (χ4v) is 4.47. The quantitative estimate of drug-likeness (QED) is 0.262. The molecule has 0 radical (unpaired) electrons. The Balaban J connectivity index is 1.50. The largest absolute Gasteiger partial charge is 0.268 e. The lowest BCUT2D eigenvalue weighted by atomic mass is 10.0. The monoisotopic (exact) mass is 477 g/mol. The van der Waals surface area contributed by atoms with Gasteiger partial charge in [0.05, 0.1) is 22.5 Å². The van der Waals surface area contributed by atoms with Crippen molar-refractivity contribution in [3.63, 3.8) is 0 Å². The van der Waals surface area contributed by atoms with Gasteiger partial charge in [0.15, 0.2) is 0 Å². The molecule has 4 heteroatoms. The van der Waals surface area contributed by atoms with Crippen molar-refractivity contribution < 1.29 is 0 Å². The van der Waals surface area contributed by atoms with Crippen LogP contribution >= 0.6 is 0 Å².